The molecule has 1 N–H and O–H groups in total. The van der Waals surface area contributed by atoms with Crippen molar-refractivity contribution in [3.63, 3.8) is 0 Å². The van der Waals surface area contributed by atoms with Crippen LogP contribution in [0, 0.1) is 11.8 Å². The average Bonchev–Trinajstić information content (AvgIpc) is 3.04. The molecule has 1 amide bonds. The summed E-state index contributed by atoms with van der Waals surface area (Å²) in [5, 5.41) is 9.68. The monoisotopic (exact) mass is 352 g/mol. The summed E-state index contributed by atoms with van der Waals surface area (Å²) in [6, 6.07) is 8.14. The second-order valence-corrected chi connectivity index (χ2v) is 7.40. The van der Waals surface area contributed by atoms with Crippen LogP contribution >= 0.6 is 11.3 Å². The van der Waals surface area contributed by atoms with E-state index in [0.717, 1.165) is 23.2 Å². The van der Waals surface area contributed by atoms with Crippen molar-refractivity contribution in [1.82, 2.24) is 20.1 Å². The van der Waals surface area contributed by atoms with Gasteiger partial charge in [0, 0.05) is 30.4 Å². The van der Waals surface area contributed by atoms with Gasteiger partial charge in [0.2, 0.25) is 5.91 Å². The molecule has 0 aromatic carbocycles. The zero-order valence-electron chi connectivity index (χ0n) is 14.1. The Bertz CT molecular complexity index is 857. The van der Waals surface area contributed by atoms with Crippen molar-refractivity contribution in [2.24, 2.45) is 11.8 Å². The van der Waals surface area contributed by atoms with Crippen LogP contribution in [0.15, 0.2) is 48.2 Å². The quantitative estimate of drug-likeness (QED) is 0.739. The summed E-state index contributed by atoms with van der Waals surface area (Å²) in [6.07, 6.45) is 6.50. The molecule has 1 aliphatic carbocycles. The Morgan fingerprint density at radius 1 is 1.36 bits per heavy atom. The van der Waals surface area contributed by atoms with Crippen LogP contribution in [-0.2, 0) is 11.3 Å². The Hall–Kier alpha value is -2.47. The van der Waals surface area contributed by atoms with Crippen molar-refractivity contribution < 1.29 is 4.79 Å². The van der Waals surface area contributed by atoms with Gasteiger partial charge in [0.05, 0.1) is 23.3 Å². The molecule has 0 radical (unpaired) electrons. The van der Waals surface area contributed by atoms with Gasteiger partial charge < -0.3 is 5.32 Å². The number of rotatable bonds is 6. The van der Waals surface area contributed by atoms with Gasteiger partial charge in [0.15, 0.2) is 0 Å². The molecule has 0 aliphatic heterocycles. The summed E-state index contributed by atoms with van der Waals surface area (Å²) in [6.45, 7) is 3.37. The largest absolute Gasteiger partial charge is 0.354 e. The zero-order valence-corrected chi connectivity index (χ0v) is 14.9. The molecule has 0 bridgehead atoms. The first-order valence-electron chi connectivity index (χ1n) is 8.52. The summed E-state index contributed by atoms with van der Waals surface area (Å²) < 4.78 is 1.98. The number of nitrogens with one attached hydrogen (secondary N) is 1. The van der Waals surface area contributed by atoms with Crippen molar-refractivity contribution in [3.05, 3.63) is 48.2 Å². The smallest absolute Gasteiger partial charge is 0.223 e. The molecule has 4 rings (SSSR count). The van der Waals surface area contributed by atoms with Gasteiger partial charge in [0.1, 0.15) is 0 Å². The summed E-state index contributed by atoms with van der Waals surface area (Å²) >= 11 is 1.69. The maximum Gasteiger partial charge on any atom is 0.223 e. The first kappa shape index (κ1) is 16.0. The molecule has 0 saturated heterocycles. The molecule has 128 valence electrons. The molecule has 0 spiro atoms. The number of pyridine rings is 1. The number of nitrogens with zero attached hydrogens (tertiary/aromatic N) is 3. The van der Waals surface area contributed by atoms with E-state index in [1.54, 1.807) is 23.7 Å². The van der Waals surface area contributed by atoms with Crippen molar-refractivity contribution in [1.29, 1.82) is 0 Å². The zero-order chi connectivity index (χ0) is 17.2. The van der Waals surface area contributed by atoms with E-state index < -0.39 is 0 Å². The molecule has 6 heteroatoms. The molecular weight excluding hydrogens is 332 g/mol. The lowest BCUT2D eigenvalue weighted by molar-refractivity contribution is -0.122. The molecule has 3 aromatic heterocycles. The van der Waals surface area contributed by atoms with E-state index in [4.69, 9.17) is 0 Å². The topological polar surface area (TPSA) is 59.8 Å². The minimum atomic E-state index is 0.173. The number of thiophene rings is 1. The number of hydrogen-bond acceptors (Lipinski definition) is 4. The number of amides is 1. The van der Waals surface area contributed by atoms with E-state index in [-0.39, 0.29) is 11.8 Å². The van der Waals surface area contributed by atoms with Gasteiger partial charge in [0.25, 0.3) is 0 Å². The van der Waals surface area contributed by atoms with Crippen LogP contribution in [0.2, 0.25) is 0 Å². The molecule has 0 unspecified atom stereocenters. The van der Waals surface area contributed by atoms with Gasteiger partial charge in [-0.2, -0.15) is 5.10 Å². The molecule has 3 aromatic rings. The molecule has 1 fully saturated rings. The highest BCUT2D eigenvalue weighted by atomic mass is 32.1. The molecular formula is C19H20N4OS. The lowest BCUT2D eigenvalue weighted by Gasteiger charge is -2.10. The van der Waals surface area contributed by atoms with E-state index in [0.29, 0.717) is 19.0 Å². The second-order valence-electron chi connectivity index (χ2n) is 6.45. The van der Waals surface area contributed by atoms with E-state index in [2.05, 4.69) is 33.8 Å². The third-order valence-electron chi connectivity index (χ3n) is 4.65. The summed E-state index contributed by atoms with van der Waals surface area (Å²) in [5.74, 6) is 0.915. The van der Waals surface area contributed by atoms with Gasteiger partial charge in [-0.3, -0.25) is 14.5 Å². The molecule has 5 nitrogen and oxygen atoms in total. The Morgan fingerprint density at radius 3 is 2.84 bits per heavy atom. The molecule has 3 heterocycles. The summed E-state index contributed by atoms with van der Waals surface area (Å²) in [7, 11) is 0. The highest BCUT2D eigenvalue weighted by Crippen LogP contribution is 2.37. The van der Waals surface area contributed by atoms with E-state index >= 15 is 0 Å². The van der Waals surface area contributed by atoms with Gasteiger partial charge in [-0.15, -0.1) is 11.3 Å². The predicted molar refractivity (Wildman–Crippen MR) is 99.1 cm³/mol. The Kier molecular flexibility index (Phi) is 4.36. The van der Waals surface area contributed by atoms with Crippen LogP contribution in [0.25, 0.3) is 21.7 Å². The predicted octanol–water partition coefficient (Wildman–Crippen LogP) is 3.45. The molecule has 2 atom stereocenters. The Morgan fingerprint density at radius 2 is 2.16 bits per heavy atom. The maximum atomic E-state index is 12.0. The van der Waals surface area contributed by atoms with Gasteiger partial charge in [-0.05, 0) is 41.5 Å². The maximum absolute atomic E-state index is 12.0. The standard InChI is InChI=1S/C19H20N4OS/c1-13-11-15(13)19(24)21-8-9-23-18(17-3-2-10-25-17)16(12-22-23)14-4-6-20-7-5-14/h2-7,10,12-13,15H,8-9,11H2,1H3,(H,21,24)/t13-,15+/m0/s1. The van der Waals surface area contributed by atoms with Crippen molar-refractivity contribution in [3.8, 4) is 21.7 Å². The van der Waals surface area contributed by atoms with E-state index in [9.17, 15) is 4.79 Å². The first-order chi connectivity index (χ1) is 12.2. The van der Waals surface area contributed by atoms with Crippen molar-refractivity contribution >= 4 is 17.2 Å². The highest BCUT2D eigenvalue weighted by Gasteiger charge is 2.38. The second kappa shape index (κ2) is 6.80. The SMILES string of the molecule is C[C@H]1C[C@H]1C(=O)NCCn1ncc(-c2ccncc2)c1-c1cccs1. The first-order valence-corrected chi connectivity index (χ1v) is 9.40. The van der Waals surface area contributed by atoms with Crippen LogP contribution < -0.4 is 5.32 Å². The number of aromatic nitrogens is 3. The third kappa shape index (κ3) is 3.35. The number of hydrogen-bond donors (Lipinski definition) is 1. The Labute approximate surface area is 150 Å². The third-order valence-corrected chi connectivity index (χ3v) is 5.53. The number of carbonyl (C=O) groups excluding carboxylic acids is 1. The van der Waals surface area contributed by atoms with Crippen LogP contribution in [-0.4, -0.2) is 27.2 Å². The van der Waals surface area contributed by atoms with Gasteiger partial charge in [-0.25, -0.2) is 0 Å². The van der Waals surface area contributed by atoms with Gasteiger partial charge >= 0.3 is 0 Å². The number of carbonyl (C=O) groups is 1. The summed E-state index contributed by atoms with van der Waals surface area (Å²) in [5.41, 5.74) is 3.28. The fourth-order valence-electron chi connectivity index (χ4n) is 3.07. The lowest BCUT2D eigenvalue weighted by atomic mass is 10.1. The highest BCUT2D eigenvalue weighted by molar-refractivity contribution is 7.13. The molecule has 1 saturated carbocycles. The normalized spacial score (nSPS) is 18.9. The van der Waals surface area contributed by atoms with Crippen molar-refractivity contribution in [2.75, 3.05) is 6.54 Å². The lowest BCUT2D eigenvalue weighted by Crippen LogP contribution is -2.29. The fourth-order valence-corrected chi connectivity index (χ4v) is 3.86. The van der Waals surface area contributed by atoms with Crippen LogP contribution in [0.3, 0.4) is 0 Å². The molecule has 1 aliphatic rings. The fraction of sp³-hybridized carbons (Fsp3) is 0.316. The summed E-state index contributed by atoms with van der Waals surface area (Å²) in [4.78, 5) is 17.3. The van der Waals surface area contributed by atoms with Crippen LogP contribution in [0.4, 0.5) is 0 Å². The van der Waals surface area contributed by atoms with Gasteiger partial charge in [-0.1, -0.05) is 13.0 Å². The van der Waals surface area contributed by atoms with Crippen LogP contribution in [0.1, 0.15) is 13.3 Å². The van der Waals surface area contributed by atoms with Crippen LogP contribution in [0.5, 0.6) is 0 Å². The van der Waals surface area contributed by atoms with Crippen molar-refractivity contribution in [2.45, 2.75) is 19.9 Å². The minimum Gasteiger partial charge on any atom is -0.354 e. The Balaban J connectivity index is 1.55. The molecule has 25 heavy (non-hydrogen) atoms. The average molecular weight is 352 g/mol. The van der Waals surface area contributed by atoms with E-state index in [1.165, 1.54) is 4.88 Å². The van der Waals surface area contributed by atoms with E-state index in [1.807, 2.05) is 29.1 Å². The minimum absolute atomic E-state index is 0.173.